The third-order valence-corrected chi connectivity index (χ3v) is 5.35. The molecule has 0 aliphatic carbocycles. The summed E-state index contributed by atoms with van der Waals surface area (Å²) in [5, 5.41) is 4.14. The number of nitrogens with one attached hydrogen (secondary N) is 1. The Morgan fingerprint density at radius 3 is 2.39 bits per heavy atom. The number of anilines is 2. The maximum Gasteiger partial charge on any atom is 0.271 e. The van der Waals surface area contributed by atoms with Gasteiger partial charge in [0.2, 0.25) is 0 Å². The fraction of sp³-hybridized carbons (Fsp3) is 0.391. The van der Waals surface area contributed by atoms with Gasteiger partial charge in [0.1, 0.15) is 0 Å². The van der Waals surface area contributed by atoms with E-state index < -0.39 is 0 Å². The number of benzene rings is 2. The lowest BCUT2D eigenvalue weighted by molar-refractivity contribution is 0.0955. The van der Waals surface area contributed by atoms with Crippen LogP contribution in [0.4, 0.5) is 11.4 Å². The fourth-order valence-electron chi connectivity index (χ4n) is 3.61. The molecule has 0 spiro atoms. The van der Waals surface area contributed by atoms with Crippen molar-refractivity contribution in [2.75, 3.05) is 36.0 Å². The lowest BCUT2D eigenvalue weighted by Gasteiger charge is -2.21. The smallest absolute Gasteiger partial charge is 0.271 e. The number of hydrogen-bond acceptors (Lipinski definition) is 4. The summed E-state index contributed by atoms with van der Waals surface area (Å²) in [5.41, 5.74) is 7.78. The summed E-state index contributed by atoms with van der Waals surface area (Å²) >= 11 is 0. The van der Waals surface area contributed by atoms with Gasteiger partial charge in [0.25, 0.3) is 5.91 Å². The number of rotatable bonds is 7. The van der Waals surface area contributed by atoms with Crippen LogP contribution in [0.5, 0.6) is 0 Å². The molecule has 0 radical (unpaired) electrons. The summed E-state index contributed by atoms with van der Waals surface area (Å²) in [6.07, 6.45) is 4.19. The molecule has 148 valence electrons. The van der Waals surface area contributed by atoms with E-state index >= 15 is 0 Å². The van der Waals surface area contributed by atoms with Crippen molar-refractivity contribution < 1.29 is 4.79 Å². The van der Waals surface area contributed by atoms with Crippen LogP contribution in [0.3, 0.4) is 0 Å². The highest BCUT2D eigenvalue weighted by Gasteiger charge is 2.13. The van der Waals surface area contributed by atoms with E-state index in [1.807, 2.05) is 30.3 Å². The Hall–Kier alpha value is -2.82. The summed E-state index contributed by atoms with van der Waals surface area (Å²) in [5.74, 6) is -0.193. The van der Waals surface area contributed by atoms with Crippen molar-refractivity contribution in [3.63, 3.8) is 0 Å². The number of aryl methyl sites for hydroxylation is 1. The number of carbonyl (C=O) groups excluding carboxylic acids is 1. The van der Waals surface area contributed by atoms with Crippen molar-refractivity contribution in [2.45, 2.75) is 33.6 Å². The second kappa shape index (κ2) is 9.40. The van der Waals surface area contributed by atoms with Crippen molar-refractivity contribution in [1.82, 2.24) is 5.43 Å². The molecule has 1 N–H and O–H groups in total. The normalized spacial score (nSPS) is 13.9. The SMILES string of the molecule is CCN(CC)c1ccc(/C=N\NC(=O)c2ccc(N3CCCC3)cc2)c(C)c1. The largest absolute Gasteiger partial charge is 0.372 e. The predicted molar refractivity (Wildman–Crippen MR) is 118 cm³/mol. The first-order valence-electron chi connectivity index (χ1n) is 10.2. The second-order valence-corrected chi connectivity index (χ2v) is 7.15. The number of carbonyl (C=O) groups is 1. The average molecular weight is 379 g/mol. The minimum Gasteiger partial charge on any atom is -0.372 e. The van der Waals surface area contributed by atoms with Gasteiger partial charge in [-0.25, -0.2) is 5.43 Å². The molecule has 1 aliphatic heterocycles. The zero-order valence-electron chi connectivity index (χ0n) is 17.1. The van der Waals surface area contributed by atoms with Crippen LogP contribution in [-0.4, -0.2) is 38.3 Å². The molecule has 28 heavy (non-hydrogen) atoms. The van der Waals surface area contributed by atoms with Crippen LogP contribution < -0.4 is 15.2 Å². The number of amides is 1. The molecule has 0 unspecified atom stereocenters. The van der Waals surface area contributed by atoms with Crippen LogP contribution in [0.1, 0.15) is 48.2 Å². The lowest BCUT2D eigenvalue weighted by Crippen LogP contribution is -2.22. The summed E-state index contributed by atoms with van der Waals surface area (Å²) in [6.45, 7) is 10.5. The third kappa shape index (κ3) is 4.71. The molecule has 0 saturated carbocycles. The molecular formula is C23H30N4O. The molecule has 3 rings (SSSR count). The maximum absolute atomic E-state index is 12.3. The lowest BCUT2D eigenvalue weighted by atomic mass is 10.1. The first-order chi connectivity index (χ1) is 13.6. The van der Waals surface area contributed by atoms with Gasteiger partial charge < -0.3 is 9.80 Å². The highest BCUT2D eigenvalue weighted by atomic mass is 16.2. The quantitative estimate of drug-likeness (QED) is 0.580. The van der Waals surface area contributed by atoms with Gasteiger partial charge in [-0.05, 0) is 81.1 Å². The first kappa shape index (κ1) is 19.9. The van der Waals surface area contributed by atoms with E-state index in [0.717, 1.165) is 37.3 Å². The van der Waals surface area contributed by atoms with E-state index in [-0.39, 0.29) is 5.91 Å². The van der Waals surface area contributed by atoms with Gasteiger partial charge in [-0.15, -0.1) is 0 Å². The van der Waals surface area contributed by atoms with Crippen molar-refractivity contribution in [3.8, 4) is 0 Å². The minimum atomic E-state index is -0.193. The predicted octanol–water partition coefficient (Wildman–Crippen LogP) is 4.21. The van der Waals surface area contributed by atoms with Crippen LogP contribution in [0, 0.1) is 6.92 Å². The Labute approximate surface area is 168 Å². The van der Waals surface area contributed by atoms with Crippen LogP contribution in [-0.2, 0) is 0 Å². The van der Waals surface area contributed by atoms with E-state index in [1.165, 1.54) is 24.2 Å². The number of hydrazone groups is 1. The van der Waals surface area contributed by atoms with E-state index in [2.05, 4.69) is 53.2 Å². The fourth-order valence-corrected chi connectivity index (χ4v) is 3.61. The van der Waals surface area contributed by atoms with Gasteiger partial charge in [-0.2, -0.15) is 5.10 Å². The molecule has 1 saturated heterocycles. The molecule has 5 nitrogen and oxygen atoms in total. The van der Waals surface area contributed by atoms with Crippen molar-refractivity contribution in [3.05, 3.63) is 59.2 Å². The Morgan fingerprint density at radius 1 is 1.11 bits per heavy atom. The molecule has 1 heterocycles. The summed E-state index contributed by atoms with van der Waals surface area (Å²) < 4.78 is 0. The molecule has 0 aromatic heterocycles. The highest BCUT2D eigenvalue weighted by Crippen LogP contribution is 2.20. The number of nitrogens with zero attached hydrogens (tertiary/aromatic N) is 3. The molecular weight excluding hydrogens is 348 g/mol. The topological polar surface area (TPSA) is 47.9 Å². The van der Waals surface area contributed by atoms with Crippen LogP contribution >= 0.6 is 0 Å². The maximum atomic E-state index is 12.3. The van der Waals surface area contributed by atoms with Crippen LogP contribution in [0.15, 0.2) is 47.6 Å². The minimum absolute atomic E-state index is 0.193. The Morgan fingerprint density at radius 2 is 1.79 bits per heavy atom. The summed E-state index contributed by atoms with van der Waals surface area (Å²) in [7, 11) is 0. The first-order valence-corrected chi connectivity index (χ1v) is 10.2. The zero-order chi connectivity index (χ0) is 19.9. The molecule has 1 fully saturated rings. The molecule has 5 heteroatoms. The van der Waals surface area contributed by atoms with Gasteiger partial charge >= 0.3 is 0 Å². The summed E-state index contributed by atoms with van der Waals surface area (Å²) in [6, 6.07) is 14.1. The van der Waals surface area contributed by atoms with E-state index in [4.69, 9.17) is 0 Å². The van der Waals surface area contributed by atoms with Gasteiger partial charge in [-0.3, -0.25) is 4.79 Å². The Kier molecular flexibility index (Phi) is 6.69. The molecule has 1 amide bonds. The number of hydrogen-bond donors (Lipinski definition) is 1. The third-order valence-electron chi connectivity index (χ3n) is 5.35. The highest BCUT2D eigenvalue weighted by molar-refractivity contribution is 5.95. The van der Waals surface area contributed by atoms with Crippen molar-refractivity contribution >= 4 is 23.5 Å². The van der Waals surface area contributed by atoms with Gasteiger partial charge in [0, 0.05) is 43.1 Å². The zero-order valence-corrected chi connectivity index (χ0v) is 17.1. The molecule has 1 aliphatic rings. The molecule has 0 bridgehead atoms. The van der Waals surface area contributed by atoms with E-state index in [1.54, 1.807) is 6.21 Å². The Bertz CT molecular complexity index is 819. The average Bonchev–Trinajstić information content (AvgIpc) is 3.25. The molecule has 2 aromatic rings. The van der Waals surface area contributed by atoms with E-state index in [0.29, 0.717) is 5.56 Å². The van der Waals surface area contributed by atoms with Crippen LogP contribution in [0.2, 0.25) is 0 Å². The standard InChI is InChI=1S/C23H30N4O/c1-4-26(5-2)22-13-10-20(18(3)16-22)17-24-25-23(28)19-8-11-21(12-9-19)27-14-6-7-15-27/h8-13,16-17H,4-7,14-15H2,1-3H3,(H,25,28)/b24-17-. The van der Waals surface area contributed by atoms with Gasteiger partial charge in [-0.1, -0.05) is 6.07 Å². The van der Waals surface area contributed by atoms with Gasteiger partial charge in [0.05, 0.1) is 6.21 Å². The van der Waals surface area contributed by atoms with Crippen molar-refractivity contribution in [2.24, 2.45) is 5.10 Å². The van der Waals surface area contributed by atoms with E-state index in [9.17, 15) is 4.79 Å². The molecule has 0 atom stereocenters. The van der Waals surface area contributed by atoms with Crippen LogP contribution in [0.25, 0.3) is 0 Å². The summed E-state index contributed by atoms with van der Waals surface area (Å²) in [4.78, 5) is 17.0. The second-order valence-electron chi connectivity index (χ2n) is 7.15. The monoisotopic (exact) mass is 378 g/mol. The van der Waals surface area contributed by atoms with Crippen molar-refractivity contribution in [1.29, 1.82) is 0 Å². The Balaban J connectivity index is 1.60. The van der Waals surface area contributed by atoms with Gasteiger partial charge in [0.15, 0.2) is 0 Å². The molecule has 2 aromatic carbocycles.